The Balaban J connectivity index is 1.74. The van der Waals surface area contributed by atoms with Gasteiger partial charge in [0.25, 0.3) is 0 Å². The fourth-order valence-electron chi connectivity index (χ4n) is 5.38. The van der Waals surface area contributed by atoms with Crippen molar-refractivity contribution in [2.75, 3.05) is 0 Å². The maximum absolute atomic E-state index is 13.1. The molecular weight excluding hydrogens is 336 g/mol. The van der Waals surface area contributed by atoms with E-state index in [0.717, 1.165) is 36.5 Å². The molecule has 0 amide bonds. The van der Waals surface area contributed by atoms with Crippen molar-refractivity contribution in [3.63, 3.8) is 0 Å². The lowest BCUT2D eigenvalue weighted by molar-refractivity contribution is -0.131. The van der Waals surface area contributed by atoms with Gasteiger partial charge in [0.1, 0.15) is 0 Å². The highest BCUT2D eigenvalue weighted by Crippen LogP contribution is 2.58. The van der Waals surface area contributed by atoms with Gasteiger partial charge in [0, 0.05) is 17.6 Å². The molecule has 0 saturated heterocycles. The molecule has 27 heavy (non-hydrogen) atoms. The predicted octanol–water partition coefficient (Wildman–Crippen LogP) is 5.85. The number of hydrogen-bond acceptors (Lipinski definition) is 2. The molecule has 0 radical (unpaired) electrons. The highest BCUT2D eigenvalue weighted by Gasteiger charge is 2.50. The summed E-state index contributed by atoms with van der Waals surface area (Å²) in [6.07, 6.45) is 8.33. The number of carboxylic acid groups (broad SMARTS) is 1. The first kappa shape index (κ1) is 19.9. The Labute approximate surface area is 162 Å². The lowest BCUT2D eigenvalue weighted by Gasteiger charge is -2.55. The van der Waals surface area contributed by atoms with Crippen molar-refractivity contribution >= 4 is 17.8 Å². The molecule has 1 aromatic carbocycles. The summed E-state index contributed by atoms with van der Waals surface area (Å²) in [7, 11) is 0. The smallest absolute Gasteiger partial charge is 0.328 e. The number of carbonyl (C=O) groups is 2. The van der Waals surface area contributed by atoms with Crippen LogP contribution in [0.15, 0.2) is 30.3 Å². The van der Waals surface area contributed by atoms with Gasteiger partial charge in [-0.05, 0) is 66.4 Å². The lowest BCUT2D eigenvalue weighted by atomic mass is 9.49. The molecule has 146 valence electrons. The SMILES string of the molecule is CC1(C)CCC(C)(C)C2CC(C(=O)c3ccc(/C=C/C(=O)O)cc3)CCC21. The van der Waals surface area contributed by atoms with E-state index >= 15 is 0 Å². The number of ketones is 1. The van der Waals surface area contributed by atoms with E-state index in [1.165, 1.54) is 12.8 Å². The zero-order chi connectivity index (χ0) is 19.8. The molecule has 0 bridgehead atoms. The Hall–Kier alpha value is -1.90. The molecule has 2 aliphatic rings. The molecule has 3 nitrogen and oxygen atoms in total. The summed E-state index contributed by atoms with van der Waals surface area (Å²) < 4.78 is 0. The van der Waals surface area contributed by atoms with Gasteiger partial charge in [-0.2, -0.15) is 0 Å². The quantitative estimate of drug-likeness (QED) is 0.536. The maximum atomic E-state index is 13.1. The Morgan fingerprint density at radius 3 is 2.15 bits per heavy atom. The van der Waals surface area contributed by atoms with Gasteiger partial charge in [-0.3, -0.25) is 4.79 Å². The van der Waals surface area contributed by atoms with E-state index < -0.39 is 5.97 Å². The van der Waals surface area contributed by atoms with Crippen LogP contribution in [0.5, 0.6) is 0 Å². The van der Waals surface area contributed by atoms with Crippen molar-refractivity contribution in [1.82, 2.24) is 0 Å². The molecule has 2 fully saturated rings. The normalized spacial score (nSPS) is 29.3. The molecule has 3 rings (SSSR count). The third kappa shape index (κ3) is 4.17. The molecule has 2 saturated carbocycles. The summed E-state index contributed by atoms with van der Waals surface area (Å²) in [6.45, 7) is 9.59. The number of hydrogen-bond donors (Lipinski definition) is 1. The molecule has 2 aliphatic carbocycles. The van der Waals surface area contributed by atoms with E-state index in [2.05, 4.69) is 27.7 Å². The second kappa shape index (κ2) is 7.26. The second-order valence-corrected chi connectivity index (χ2v) is 9.86. The average molecular weight is 369 g/mol. The number of rotatable bonds is 4. The summed E-state index contributed by atoms with van der Waals surface area (Å²) >= 11 is 0. The third-order valence-electron chi connectivity index (χ3n) is 7.26. The number of aliphatic carboxylic acids is 1. The van der Waals surface area contributed by atoms with Crippen LogP contribution in [-0.4, -0.2) is 16.9 Å². The van der Waals surface area contributed by atoms with Crippen molar-refractivity contribution in [3.05, 3.63) is 41.5 Å². The standard InChI is InChI=1S/C24H32O3/c1-23(2)13-14-24(3,4)20-15-18(10-11-19(20)23)22(27)17-8-5-16(6-9-17)7-12-21(25)26/h5-9,12,18-20H,10-11,13-15H2,1-4H3,(H,25,26)/b12-7+. The van der Waals surface area contributed by atoms with E-state index in [1.807, 2.05) is 24.3 Å². The number of fused-ring (bicyclic) bond motifs is 1. The van der Waals surface area contributed by atoms with E-state index in [1.54, 1.807) is 6.08 Å². The van der Waals surface area contributed by atoms with Gasteiger partial charge in [0.2, 0.25) is 0 Å². The minimum Gasteiger partial charge on any atom is -0.478 e. The number of carbonyl (C=O) groups excluding carboxylic acids is 1. The van der Waals surface area contributed by atoms with Crippen LogP contribution in [0, 0.1) is 28.6 Å². The lowest BCUT2D eigenvalue weighted by Crippen LogP contribution is -2.48. The monoisotopic (exact) mass is 368 g/mol. The molecular formula is C24H32O3. The first-order chi connectivity index (χ1) is 12.6. The Morgan fingerprint density at radius 2 is 1.56 bits per heavy atom. The Kier molecular flexibility index (Phi) is 5.33. The summed E-state index contributed by atoms with van der Waals surface area (Å²) in [5, 5.41) is 8.72. The molecule has 3 atom stereocenters. The zero-order valence-corrected chi connectivity index (χ0v) is 17.0. The predicted molar refractivity (Wildman–Crippen MR) is 109 cm³/mol. The highest BCUT2D eigenvalue weighted by atomic mass is 16.4. The molecule has 0 heterocycles. The number of Topliss-reactive ketones (excluding diaryl/α,β-unsaturated/α-hetero) is 1. The van der Waals surface area contributed by atoms with Gasteiger partial charge in [0.05, 0.1) is 0 Å². The van der Waals surface area contributed by atoms with Crippen LogP contribution < -0.4 is 0 Å². The van der Waals surface area contributed by atoms with Gasteiger partial charge in [0.15, 0.2) is 5.78 Å². The Bertz CT molecular complexity index is 739. The van der Waals surface area contributed by atoms with Crippen molar-refractivity contribution in [2.45, 2.75) is 59.8 Å². The van der Waals surface area contributed by atoms with E-state index in [9.17, 15) is 9.59 Å². The number of carboxylic acids is 1. The van der Waals surface area contributed by atoms with Crippen LogP contribution in [0.3, 0.4) is 0 Å². The zero-order valence-electron chi connectivity index (χ0n) is 17.0. The first-order valence-corrected chi connectivity index (χ1v) is 10.2. The minimum absolute atomic E-state index is 0.111. The molecule has 3 unspecified atom stereocenters. The summed E-state index contributed by atoms with van der Waals surface area (Å²) in [6, 6.07) is 7.33. The van der Waals surface area contributed by atoms with Crippen LogP contribution in [-0.2, 0) is 4.79 Å². The molecule has 1 aromatic rings. The van der Waals surface area contributed by atoms with E-state index in [4.69, 9.17) is 5.11 Å². The first-order valence-electron chi connectivity index (χ1n) is 10.2. The molecule has 3 heteroatoms. The van der Waals surface area contributed by atoms with E-state index in [0.29, 0.717) is 22.7 Å². The molecule has 0 spiro atoms. The summed E-state index contributed by atoms with van der Waals surface area (Å²) in [5.74, 6) is 0.724. The fraction of sp³-hybridized carbons (Fsp3) is 0.583. The average Bonchev–Trinajstić information content (AvgIpc) is 2.63. The van der Waals surface area contributed by atoms with Crippen molar-refractivity contribution in [1.29, 1.82) is 0 Å². The van der Waals surface area contributed by atoms with Gasteiger partial charge in [-0.1, -0.05) is 52.0 Å². The van der Waals surface area contributed by atoms with Crippen LogP contribution >= 0.6 is 0 Å². The van der Waals surface area contributed by atoms with Gasteiger partial charge in [-0.25, -0.2) is 4.79 Å². The maximum Gasteiger partial charge on any atom is 0.328 e. The fourth-order valence-corrected chi connectivity index (χ4v) is 5.38. The van der Waals surface area contributed by atoms with Crippen LogP contribution in [0.25, 0.3) is 6.08 Å². The second-order valence-electron chi connectivity index (χ2n) is 9.86. The number of benzene rings is 1. The van der Waals surface area contributed by atoms with Gasteiger partial charge in [-0.15, -0.1) is 0 Å². The van der Waals surface area contributed by atoms with Crippen molar-refractivity contribution < 1.29 is 14.7 Å². The van der Waals surface area contributed by atoms with E-state index in [-0.39, 0.29) is 11.7 Å². The van der Waals surface area contributed by atoms with Crippen LogP contribution in [0.2, 0.25) is 0 Å². The topological polar surface area (TPSA) is 54.4 Å². The molecule has 0 aromatic heterocycles. The highest BCUT2D eigenvalue weighted by molar-refractivity contribution is 5.98. The summed E-state index contributed by atoms with van der Waals surface area (Å²) in [4.78, 5) is 23.7. The Morgan fingerprint density at radius 1 is 0.963 bits per heavy atom. The van der Waals surface area contributed by atoms with Gasteiger partial charge < -0.3 is 5.11 Å². The van der Waals surface area contributed by atoms with Crippen molar-refractivity contribution in [3.8, 4) is 0 Å². The summed E-state index contributed by atoms with van der Waals surface area (Å²) in [5.41, 5.74) is 2.24. The molecule has 1 N–H and O–H groups in total. The van der Waals surface area contributed by atoms with Crippen molar-refractivity contribution in [2.24, 2.45) is 28.6 Å². The van der Waals surface area contributed by atoms with Gasteiger partial charge >= 0.3 is 5.97 Å². The third-order valence-corrected chi connectivity index (χ3v) is 7.26. The van der Waals surface area contributed by atoms with Crippen LogP contribution in [0.1, 0.15) is 75.7 Å². The largest absolute Gasteiger partial charge is 0.478 e. The minimum atomic E-state index is -0.968. The van der Waals surface area contributed by atoms with Crippen LogP contribution in [0.4, 0.5) is 0 Å². The molecule has 0 aliphatic heterocycles.